The van der Waals surface area contributed by atoms with Gasteiger partial charge < -0.3 is 9.67 Å². The maximum atomic E-state index is 13.4. The highest BCUT2D eigenvalue weighted by Crippen LogP contribution is 2.24. The second kappa shape index (κ2) is 4.37. The number of rotatable bonds is 3. The maximum absolute atomic E-state index is 13.4. The summed E-state index contributed by atoms with van der Waals surface area (Å²) in [5.41, 5.74) is 1.90. The molecule has 0 saturated heterocycles. The van der Waals surface area contributed by atoms with Crippen molar-refractivity contribution in [1.82, 2.24) is 9.55 Å². The fourth-order valence-corrected chi connectivity index (χ4v) is 2.26. The molecular weight excluding hydrogens is 243 g/mol. The fourth-order valence-electron chi connectivity index (χ4n) is 1.55. The number of carbonyl (C=O) groups is 1. The van der Waals surface area contributed by atoms with Gasteiger partial charge in [-0.1, -0.05) is 11.8 Å². The number of aryl methyl sites for hydroxylation is 2. The van der Waals surface area contributed by atoms with Gasteiger partial charge >= 0.3 is 5.97 Å². The van der Waals surface area contributed by atoms with Crippen LogP contribution in [0.1, 0.15) is 5.56 Å². The highest BCUT2D eigenvalue weighted by atomic mass is 32.2. The Morgan fingerprint density at radius 3 is 2.94 bits per heavy atom. The van der Waals surface area contributed by atoms with Gasteiger partial charge in [0.05, 0.1) is 16.8 Å². The summed E-state index contributed by atoms with van der Waals surface area (Å²) in [4.78, 5) is 14.7. The Morgan fingerprint density at radius 2 is 2.29 bits per heavy atom. The zero-order chi connectivity index (χ0) is 12.6. The first-order valence-corrected chi connectivity index (χ1v) is 5.95. The van der Waals surface area contributed by atoms with Gasteiger partial charge in [0.1, 0.15) is 5.82 Å². The molecule has 0 aliphatic heterocycles. The van der Waals surface area contributed by atoms with E-state index >= 15 is 0 Å². The summed E-state index contributed by atoms with van der Waals surface area (Å²) in [7, 11) is 1.79. The van der Waals surface area contributed by atoms with Gasteiger partial charge in [0, 0.05) is 13.1 Å². The summed E-state index contributed by atoms with van der Waals surface area (Å²) in [6, 6.07) is 3.08. The van der Waals surface area contributed by atoms with E-state index in [0.717, 1.165) is 17.3 Å². The van der Waals surface area contributed by atoms with E-state index < -0.39 is 5.97 Å². The van der Waals surface area contributed by atoms with Crippen LogP contribution in [0.25, 0.3) is 11.0 Å². The van der Waals surface area contributed by atoms with Crippen molar-refractivity contribution in [2.24, 2.45) is 7.05 Å². The average Bonchev–Trinajstić information content (AvgIpc) is 2.54. The molecule has 1 N–H and O–H groups in total. The lowest BCUT2D eigenvalue weighted by Gasteiger charge is -2.00. The van der Waals surface area contributed by atoms with Crippen LogP contribution in [0.4, 0.5) is 4.39 Å². The summed E-state index contributed by atoms with van der Waals surface area (Å²) >= 11 is 1.12. The molecule has 17 heavy (non-hydrogen) atoms. The third kappa shape index (κ3) is 2.26. The SMILES string of the molecule is Cc1cc2c(cc1F)nc(SCC(=O)O)n2C. The van der Waals surface area contributed by atoms with E-state index in [1.165, 1.54) is 6.07 Å². The van der Waals surface area contributed by atoms with Gasteiger partial charge in [0.15, 0.2) is 5.16 Å². The first kappa shape index (κ1) is 11.9. The molecule has 0 unspecified atom stereocenters. The monoisotopic (exact) mass is 254 g/mol. The van der Waals surface area contributed by atoms with Gasteiger partial charge in [-0.15, -0.1) is 0 Å². The molecule has 6 heteroatoms. The number of nitrogens with zero attached hydrogens (tertiary/aromatic N) is 2. The van der Waals surface area contributed by atoms with Gasteiger partial charge in [-0.2, -0.15) is 0 Å². The minimum absolute atomic E-state index is 0.0569. The zero-order valence-electron chi connectivity index (χ0n) is 9.40. The van der Waals surface area contributed by atoms with Crippen molar-refractivity contribution in [1.29, 1.82) is 0 Å². The Labute approximate surface area is 101 Å². The molecule has 0 atom stereocenters. The summed E-state index contributed by atoms with van der Waals surface area (Å²) in [5, 5.41) is 9.19. The highest BCUT2D eigenvalue weighted by molar-refractivity contribution is 7.99. The van der Waals surface area contributed by atoms with Crippen molar-refractivity contribution in [2.45, 2.75) is 12.1 Å². The van der Waals surface area contributed by atoms with Gasteiger partial charge in [0.2, 0.25) is 0 Å². The summed E-state index contributed by atoms with van der Waals surface area (Å²) in [6.07, 6.45) is 0. The number of hydrogen-bond donors (Lipinski definition) is 1. The minimum Gasteiger partial charge on any atom is -0.481 e. The normalized spacial score (nSPS) is 11.0. The second-order valence-electron chi connectivity index (χ2n) is 3.73. The molecule has 0 fully saturated rings. The zero-order valence-corrected chi connectivity index (χ0v) is 10.2. The number of carboxylic acid groups (broad SMARTS) is 1. The van der Waals surface area contributed by atoms with Crippen LogP contribution in [0.2, 0.25) is 0 Å². The van der Waals surface area contributed by atoms with Crippen LogP contribution < -0.4 is 0 Å². The maximum Gasteiger partial charge on any atom is 0.313 e. The van der Waals surface area contributed by atoms with E-state index in [1.54, 1.807) is 24.6 Å². The Bertz CT molecular complexity index is 595. The predicted molar refractivity (Wildman–Crippen MR) is 63.8 cm³/mol. The average molecular weight is 254 g/mol. The second-order valence-corrected chi connectivity index (χ2v) is 4.67. The molecule has 4 nitrogen and oxygen atoms in total. The van der Waals surface area contributed by atoms with Crippen LogP contribution in [0.5, 0.6) is 0 Å². The number of halogens is 1. The third-order valence-corrected chi connectivity index (χ3v) is 3.46. The predicted octanol–water partition coefficient (Wildman–Crippen LogP) is 2.20. The molecule has 1 heterocycles. The number of aromatic nitrogens is 2. The lowest BCUT2D eigenvalue weighted by Crippen LogP contribution is -2.00. The quantitative estimate of drug-likeness (QED) is 0.853. The van der Waals surface area contributed by atoms with Crippen LogP contribution in [0, 0.1) is 12.7 Å². The van der Waals surface area contributed by atoms with Crippen molar-refractivity contribution < 1.29 is 14.3 Å². The van der Waals surface area contributed by atoms with Crippen LogP contribution >= 0.6 is 11.8 Å². The lowest BCUT2D eigenvalue weighted by atomic mass is 10.2. The van der Waals surface area contributed by atoms with Gasteiger partial charge in [0.25, 0.3) is 0 Å². The third-order valence-electron chi connectivity index (χ3n) is 2.44. The van der Waals surface area contributed by atoms with Crippen molar-refractivity contribution in [2.75, 3.05) is 5.75 Å². The van der Waals surface area contributed by atoms with Gasteiger partial charge in [-0.25, -0.2) is 9.37 Å². The number of aliphatic carboxylic acids is 1. The molecular formula is C11H11FN2O2S. The molecule has 90 valence electrons. The molecule has 0 bridgehead atoms. The van der Waals surface area contributed by atoms with E-state index in [2.05, 4.69) is 4.98 Å². The number of imidazole rings is 1. The summed E-state index contributed by atoms with van der Waals surface area (Å²) < 4.78 is 15.1. The van der Waals surface area contributed by atoms with E-state index in [0.29, 0.717) is 16.2 Å². The van der Waals surface area contributed by atoms with Crippen molar-refractivity contribution in [3.63, 3.8) is 0 Å². The number of benzene rings is 1. The van der Waals surface area contributed by atoms with Crippen LogP contribution in [0.3, 0.4) is 0 Å². The Kier molecular flexibility index (Phi) is 3.06. The largest absolute Gasteiger partial charge is 0.481 e. The lowest BCUT2D eigenvalue weighted by molar-refractivity contribution is -0.133. The Morgan fingerprint density at radius 1 is 1.59 bits per heavy atom. The molecule has 1 aromatic carbocycles. The van der Waals surface area contributed by atoms with E-state index in [4.69, 9.17) is 5.11 Å². The topological polar surface area (TPSA) is 55.1 Å². The number of fused-ring (bicyclic) bond motifs is 1. The standard InChI is InChI=1S/C11H11FN2O2S/c1-6-3-9-8(4-7(6)12)13-11(14(9)2)17-5-10(15)16/h3-4H,5H2,1-2H3,(H,15,16). The summed E-state index contributed by atoms with van der Waals surface area (Å²) in [5.74, 6) is -1.26. The fraction of sp³-hybridized carbons (Fsp3) is 0.273. The molecule has 2 rings (SSSR count). The van der Waals surface area contributed by atoms with Crippen molar-refractivity contribution in [3.05, 3.63) is 23.5 Å². The molecule has 0 aliphatic rings. The van der Waals surface area contributed by atoms with E-state index in [9.17, 15) is 9.18 Å². The van der Waals surface area contributed by atoms with Crippen LogP contribution in [-0.4, -0.2) is 26.4 Å². The van der Waals surface area contributed by atoms with Gasteiger partial charge in [-0.05, 0) is 18.6 Å². The number of carboxylic acids is 1. The van der Waals surface area contributed by atoms with Crippen molar-refractivity contribution >= 4 is 28.8 Å². The minimum atomic E-state index is -0.899. The Balaban J connectivity index is 2.45. The van der Waals surface area contributed by atoms with Crippen molar-refractivity contribution in [3.8, 4) is 0 Å². The molecule has 0 radical (unpaired) electrons. The summed E-state index contributed by atoms with van der Waals surface area (Å²) in [6.45, 7) is 1.69. The first-order valence-electron chi connectivity index (χ1n) is 4.96. The number of thioether (sulfide) groups is 1. The van der Waals surface area contributed by atoms with E-state index in [-0.39, 0.29) is 11.6 Å². The van der Waals surface area contributed by atoms with Crippen LogP contribution in [0.15, 0.2) is 17.3 Å². The van der Waals surface area contributed by atoms with Gasteiger partial charge in [-0.3, -0.25) is 4.79 Å². The molecule has 1 aromatic heterocycles. The first-order chi connectivity index (χ1) is 7.99. The molecule has 0 amide bonds. The molecule has 0 aliphatic carbocycles. The Hall–Kier alpha value is -1.56. The van der Waals surface area contributed by atoms with E-state index in [1.807, 2.05) is 0 Å². The highest BCUT2D eigenvalue weighted by Gasteiger charge is 2.11. The van der Waals surface area contributed by atoms with Crippen LogP contribution in [-0.2, 0) is 11.8 Å². The molecule has 2 aromatic rings. The molecule has 0 saturated carbocycles. The number of hydrogen-bond acceptors (Lipinski definition) is 3. The smallest absolute Gasteiger partial charge is 0.313 e. The molecule has 0 spiro atoms.